The highest BCUT2D eigenvalue weighted by Crippen LogP contribution is 2.37. The van der Waals surface area contributed by atoms with Crippen LogP contribution in [0, 0.1) is 11.8 Å². The Morgan fingerprint density at radius 1 is 1.23 bits per heavy atom. The summed E-state index contributed by atoms with van der Waals surface area (Å²) in [6.07, 6.45) is 6.47. The molecule has 39 heavy (non-hydrogen) atoms. The number of amides is 1. The lowest BCUT2D eigenvalue weighted by Crippen LogP contribution is -2.24. The molecule has 2 atom stereocenters. The summed E-state index contributed by atoms with van der Waals surface area (Å²) >= 11 is 7.91. The van der Waals surface area contributed by atoms with E-state index < -0.39 is 18.4 Å². The first kappa shape index (κ1) is 26.1. The number of halogens is 1. The van der Waals surface area contributed by atoms with Gasteiger partial charge in [-0.1, -0.05) is 31.4 Å². The van der Waals surface area contributed by atoms with Crippen molar-refractivity contribution in [1.29, 1.82) is 0 Å². The Kier molecular flexibility index (Phi) is 7.48. The number of hydrogen-bond donors (Lipinski definition) is 2. The minimum atomic E-state index is -0.623. The highest BCUT2D eigenvalue weighted by molar-refractivity contribution is 7.07. The molecule has 1 aliphatic heterocycles. The van der Waals surface area contributed by atoms with E-state index >= 15 is 0 Å². The molecular weight excluding hydrogens is 538 g/mol. The van der Waals surface area contributed by atoms with Gasteiger partial charge in [-0.25, -0.2) is 19.7 Å². The van der Waals surface area contributed by atoms with Gasteiger partial charge in [0.05, 0.1) is 38.6 Å². The van der Waals surface area contributed by atoms with Crippen molar-refractivity contribution in [2.45, 2.75) is 58.3 Å². The number of pyridine rings is 2. The Bertz CT molecular complexity index is 1470. The van der Waals surface area contributed by atoms with Crippen molar-refractivity contribution in [2.24, 2.45) is 11.8 Å². The number of hydroxylamine groups is 1. The molecule has 2 unspecified atom stereocenters. The first-order valence-electron chi connectivity index (χ1n) is 13.2. The highest BCUT2D eigenvalue weighted by Gasteiger charge is 2.31. The number of aromatic nitrogens is 5. The smallest absolute Gasteiger partial charge is 0.364 e. The third-order valence-electron chi connectivity index (χ3n) is 7.44. The molecule has 1 amide bonds. The molecule has 10 nitrogen and oxygen atoms in total. The normalized spacial score (nSPS) is 22.1. The summed E-state index contributed by atoms with van der Waals surface area (Å²) in [5.41, 5.74) is 8.95. The van der Waals surface area contributed by atoms with Crippen LogP contribution < -0.4 is 10.8 Å². The fraction of sp³-hybridized carbons (Fsp3) is 0.444. The van der Waals surface area contributed by atoms with Gasteiger partial charge >= 0.3 is 6.09 Å². The lowest BCUT2D eigenvalue weighted by atomic mass is 9.83. The Morgan fingerprint density at radius 2 is 2.08 bits per heavy atom. The van der Waals surface area contributed by atoms with Crippen molar-refractivity contribution in [1.82, 2.24) is 35.3 Å². The van der Waals surface area contributed by atoms with Gasteiger partial charge in [-0.2, -0.15) is 0 Å². The summed E-state index contributed by atoms with van der Waals surface area (Å²) in [4.78, 5) is 35.8. The average Bonchev–Trinajstić information content (AvgIpc) is 3.69. The Hall–Kier alpha value is -3.12. The van der Waals surface area contributed by atoms with Crippen LogP contribution in [0.5, 0.6) is 0 Å². The average molecular weight is 568 g/mol. The molecule has 5 heterocycles. The SMILES string of the molecule is CCOC(c1cscn1)c1nc2cc(C3NOC(=O)N3)nc(-c3cncc(Cl)c3)c2n1CC1CCC(C)CC1. The van der Waals surface area contributed by atoms with E-state index in [0.29, 0.717) is 28.9 Å². The number of carbonyl (C=O) groups is 1. The number of nitrogens with zero attached hydrogens (tertiary/aromatic N) is 5. The standard InChI is InChI=1S/C27H30ClN7O3S/c1-3-37-24(21-13-39-14-30-21)26-32-19-9-20(25-33-27(36)38-34-25)31-22(17-8-18(28)11-29-10-17)23(19)35(26)12-16-6-4-15(2)5-7-16/h8-11,13-16,24-25,34H,3-7,12H2,1-2H3,(H,33,36). The molecule has 2 N–H and O–H groups in total. The summed E-state index contributed by atoms with van der Waals surface area (Å²) in [7, 11) is 0. The van der Waals surface area contributed by atoms with E-state index in [1.807, 2.05) is 29.9 Å². The number of ether oxygens (including phenoxy) is 1. The molecule has 2 aliphatic rings. The van der Waals surface area contributed by atoms with Crippen molar-refractivity contribution < 1.29 is 14.4 Å². The van der Waals surface area contributed by atoms with Crippen molar-refractivity contribution in [2.75, 3.05) is 6.61 Å². The van der Waals surface area contributed by atoms with Gasteiger partial charge in [0.25, 0.3) is 0 Å². The van der Waals surface area contributed by atoms with Crippen molar-refractivity contribution in [3.63, 3.8) is 0 Å². The van der Waals surface area contributed by atoms with E-state index in [2.05, 4.69) is 32.3 Å². The molecule has 0 aromatic carbocycles. The van der Waals surface area contributed by atoms with Gasteiger partial charge < -0.3 is 14.1 Å². The summed E-state index contributed by atoms with van der Waals surface area (Å²) in [5.74, 6) is 2.04. The molecule has 4 aromatic heterocycles. The lowest BCUT2D eigenvalue weighted by Gasteiger charge is -2.28. The first-order valence-corrected chi connectivity index (χ1v) is 14.6. The van der Waals surface area contributed by atoms with E-state index in [0.717, 1.165) is 53.4 Å². The molecule has 12 heteroatoms. The monoisotopic (exact) mass is 567 g/mol. The molecule has 0 spiro atoms. The molecule has 204 valence electrons. The minimum absolute atomic E-state index is 0.433. The topological polar surface area (TPSA) is 116 Å². The van der Waals surface area contributed by atoms with Crippen LogP contribution in [0.15, 0.2) is 35.4 Å². The maximum Gasteiger partial charge on any atom is 0.427 e. The molecule has 6 rings (SSSR count). The highest BCUT2D eigenvalue weighted by atomic mass is 35.5. The van der Waals surface area contributed by atoms with Gasteiger partial charge in [-0.3, -0.25) is 10.3 Å². The largest absolute Gasteiger partial charge is 0.427 e. The van der Waals surface area contributed by atoms with Crippen molar-refractivity contribution in [3.05, 3.63) is 57.7 Å². The molecular formula is C27H30ClN7O3S. The van der Waals surface area contributed by atoms with E-state index in [1.165, 1.54) is 24.2 Å². The number of nitrogens with one attached hydrogen (secondary N) is 2. The van der Waals surface area contributed by atoms with Crippen LogP contribution in [0.3, 0.4) is 0 Å². The zero-order chi connectivity index (χ0) is 26.9. The number of fused-ring (bicyclic) bond motifs is 1. The lowest BCUT2D eigenvalue weighted by molar-refractivity contribution is 0.0792. The summed E-state index contributed by atoms with van der Waals surface area (Å²) in [6, 6.07) is 3.73. The number of carbonyl (C=O) groups excluding carboxylic acids is 1. The van der Waals surface area contributed by atoms with Crippen LogP contribution in [-0.2, 0) is 16.1 Å². The van der Waals surface area contributed by atoms with Crippen LogP contribution in [0.4, 0.5) is 4.79 Å². The number of imidazole rings is 1. The second-order valence-corrected chi connectivity index (χ2v) is 11.4. The second-order valence-electron chi connectivity index (χ2n) is 10.2. The van der Waals surface area contributed by atoms with Crippen LogP contribution in [-0.4, -0.2) is 37.2 Å². The predicted octanol–water partition coefficient (Wildman–Crippen LogP) is 5.80. The molecule has 1 saturated heterocycles. The zero-order valence-electron chi connectivity index (χ0n) is 21.8. The second kappa shape index (κ2) is 11.2. The quantitative estimate of drug-likeness (QED) is 0.274. The van der Waals surface area contributed by atoms with Gasteiger partial charge in [0.2, 0.25) is 0 Å². The van der Waals surface area contributed by atoms with Crippen molar-refractivity contribution >= 4 is 40.1 Å². The predicted molar refractivity (Wildman–Crippen MR) is 148 cm³/mol. The molecule has 0 bridgehead atoms. The van der Waals surface area contributed by atoms with Gasteiger partial charge in [0.15, 0.2) is 12.3 Å². The van der Waals surface area contributed by atoms with E-state index in [4.69, 9.17) is 31.1 Å². The van der Waals surface area contributed by atoms with Gasteiger partial charge in [-0.05, 0) is 43.7 Å². The van der Waals surface area contributed by atoms with E-state index in [1.54, 1.807) is 12.4 Å². The molecule has 1 aliphatic carbocycles. The van der Waals surface area contributed by atoms with Crippen LogP contribution >= 0.6 is 22.9 Å². The van der Waals surface area contributed by atoms with Gasteiger partial charge in [-0.15, -0.1) is 16.8 Å². The number of thiazole rings is 1. The zero-order valence-corrected chi connectivity index (χ0v) is 23.3. The number of hydrogen-bond acceptors (Lipinski definition) is 9. The Morgan fingerprint density at radius 3 is 2.77 bits per heavy atom. The fourth-order valence-corrected chi connectivity index (χ4v) is 6.21. The van der Waals surface area contributed by atoms with E-state index in [-0.39, 0.29) is 0 Å². The van der Waals surface area contributed by atoms with Gasteiger partial charge in [0.1, 0.15) is 5.82 Å². The third kappa shape index (κ3) is 5.36. The summed E-state index contributed by atoms with van der Waals surface area (Å²) in [6.45, 7) is 5.61. The van der Waals surface area contributed by atoms with Crippen LogP contribution in [0.25, 0.3) is 22.3 Å². The molecule has 1 saturated carbocycles. The maximum absolute atomic E-state index is 11.8. The van der Waals surface area contributed by atoms with Crippen molar-refractivity contribution in [3.8, 4) is 11.3 Å². The maximum atomic E-state index is 11.8. The molecule has 4 aromatic rings. The summed E-state index contributed by atoms with van der Waals surface area (Å²) < 4.78 is 8.54. The van der Waals surface area contributed by atoms with Crippen LogP contribution in [0.2, 0.25) is 5.02 Å². The third-order valence-corrected chi connectivity index (χ3v) is 8.26. The van der Waals surface area contributed by atoms with Gasteiger partial charge in [0, 0.05) is 36.5 Å². The van der Waals surface area contributed by atoms with E-state index in [9.17, 15) is 4.79 Å². The Balaban J connectivity index is 1.57. The fourth-order valence-electron chi connectivity index (χ4n) is 5.47. The number of rotatable bonds is 8. The Labute approximate surface area is 235 Å². The summed E-state index contributed by atoms with van der Waals surface area (Å²) in [5, 5.41) is 5.25. The molecule has 2 fully saturated rings. The molecule has 0 radical (unpaired) electrons. The minimum Gasteiger partial charge on any atom is -0.364 e. The van der Waals surface area contributed by atoms with Crippen LogP contribution in [0.1, 0.15) is 69.0 Å². The first-order chi connectivity index (χ1) is 19.0.